The average Bonchev–Trinajstić information content (AvgIpc) is 2.67. The summed E-state index contributed by atoms with van der Waals surface area (Å²) in [5.41, 5.74) is 0. The van der Waals surface area contributed by atoms with Gasteiger partial charge in [-0.1, -0.05) is 70.4 Å². The Kier molecular flexibility index (Phi) is 15.5. The molecule has 0 saturated heterocycles. The summed E-state index contributed by atoms with van der Waals surface area (Å²) in [6.07, 6.45) is 24.3. The van der Waals surface area contributed by atoms with Crippen molar-refractivity contribution in [2.24, 2.45) is 0 Å². The number of aliphatic hydroxyl groups excluding tert-OH is 1. The zero-order chi connectivity index (χ0) is 19.6. The second-order valence-corrected chi connectivity index (χ2v) is 8.27. The number of carbonyl (C=O) groups is 1. The van der Waals surface area contributed by atoms with E-state index >= 15 is 0 Å². The molecule has 1 N–H and O–H groups in total. The maximum atomic E-state index is 11.8. The molecule has 1 atom stereocenters. The van der Waals surface area contributed by atoms with Crippen molar-refractivity contribution in [3.05, 3.63) is 12.2 Å². The van der Waals surface area contributed by atoms with Crippen LogP contribution in [0.1, 0.15) is 122 Å². The summed E-state index contributed by atoms with van der Waals surface area (Å²) in [5, 5.41) is 9.91. The Morgan fingerprint density at radius 3 is 2.44 bits per heavy atom. The van der Waals surface area contributed by atoms with Crippen molar-refractivity contribution in [1.82, 2.24) is 0 Å². The Labute approximate surface area is 168 Å². The Hall–Kier alpha value is -0.830. The van der Waals surface area contributed by atoms with Crippen LogP contribution in [0.2, 0.25) is 0 Å². The summed E-state index contributed by atoms with van der Waals surface area (Å²) in [4.78, 5) is 11.8. The Bertz CT molecular complexity index is 372. The third kappa shape index (κ3) is 14.8. The van der Waals surface area contributed by atoms with E-state index in [1.165, 1.54) is 57.8 Å². The molecule has 0 aromatic rings. The van der Waals surface area contributed by atoms with Crippen molar-refractivity contribution in [2.75, 3.05) is 0 Å². The number of unbranched alkanes of at least 4 members (excludes halogenated alkanes) is 8. The highest BCUT2D eigenvalue weighted by Crippen LogP contribution is 2.21. The Morgan fingerprint density at radius 2 is 1.67 bits per heavy atom. The maximum absolute atomic E-state index is 11.8. The third-order valence-corrected chi connectivity index (χ3v) is 5.57. The van der Waals surface area contributed by atoms with Crippen LogP contribution in [0.5, 0.6) is 0 Å². The van der Waals surface area contributed by atoms with Crippen LogP contribution >= 0.6 is 0 Å². The zero-order valence-electron chi connectivity index (χ0n) is 17.8. The predicted octanol–water partition coefficient (Wildman–Crippen LogP) is 6.87. The molecule has 1 unspecified atom stereocenters. The van der Waals surface area contributed by atoms with Crippen LogP contribution in [0, 0.1) is 0 Å². The van der Waals surface area contributed by atoms with Gasteiger partial charge >= 0.3 is 5.97 Å². The van der Waals surface area contributed by atoms with Gasteiger partial charge in [0.05, 0.1) is 6.10 Å². The average molecular weight is 381 g/mol. The van der Waals surface area contributed by atoms with E-state index in [4.69, 9.17) is 4.74 Å². The van der Waals surface area contributed by atoms with E-state index in [-0.39, 0.29) is 18.2 Å². The number of hydrogen-bond acceptors (Lipinski definition) is 3. The summed E-state index contributed by atoms with van der Waals surface area (Å²) in [7, 11) is 0. The molecule has 0 aliphatic heterocycles. The van der Waals surface area contributed by atoms with E-state index in [9.17, 15) is 9.90 Å². The molecule has 0 aromatic heterocycles. The molecule has 1 fully saturated rings. The van der Waals surface area contributed by atoms with Gasteiger partial charge in [-0.25, -0.2) is 0 Å². The first kappa shape index (κ1) is 24.2. The molecule has 3 heteroatoms. The van der Waals surface area contributed by atoms with Gasteiger partial charge in [0, 0.05) is 6.42 Å². The van der Waals surface area contributed by atoms with Crippen LogP contribution in [-0.2, 0) is 9.53 Å². The van der Waals surface area contributed by atoms with Gasteiger partial charge < -0.3 is 9.84 Å². The molecule has 0 radical (unpaired) electrons. The second kappa shape index (κ2) is 17.3. The van der Waals surface area contributed by atoms with E-state index < -0.39 is 0 Å². The number of ether oxygens (including phenoxy) is 1. The molecule has 0 amide bonds. The molecular formula is C24H44O3. The highest BCUT2D eigenvalue weighted by Gasteiger charge is 2.17. The van der Waals surface area contributed by atoms with Crippen molar-refractivity contribution in [3.8, 4) is 0 Å². The van der Waals surface area contributed by atoms with Crippen molar-refractivity contribution in [3.63, 3.8) is 0 Å². The van der Waals surface area contributed by atoms with Crippen LogP contribution in [0.3, 0.4) is 0 Å². The molecule has 1 aliphatic rings. The molecule has 0 aromatic carbocycles. The molecule has 0 bridgehead atoms. The fourth-order valence-electron chi connectivity index (χ4n) is 3.79. The van der Waals surface area contributed by atoms with Crippen molar-refractivity contribution in [2.45, 2.75) is 135 Å². The van der Waals surface area contributed by atoms with Gasteiger partial charge in [0.15, 0.2) is 0 Å². The monoisotopic (exact) mass is 380 g/mol. The standard InChI is InChI=1S/C24H44O3/c1-2-3-4-12-17-22(25)18-13-9-7-5-6-8-10-16-21-24(26)27-23-19-14-11-15-20-23/h9,13,22-23,25H,2-8,10-12,14-21H2,1H3. The Morgan fingerprint density at radius 1 is 0.963 bits per heavy atom. The highest BCUT2D eigenvalue weighted by atomic mass is 16.5. The summed E-state index contributed by atoms with van der Waals surface area (Å²) < 4.78 is 5.55. The molecule has 0 spiro atoms. The fraction of sp³-hybridized carbons (Fsp3) is 0.875. The molecule has 1 saturated carbocycles. The molecule has 0 heterocycles. The van der Waals surface area contributed by atoms with Crippen LogP contribution in [0.4, 0.5) is 0 Å². The number of esters is 1. The normalized spacial score (nSPS) is 16.7. The van der Waals surface area contributed by atoms with E-state index in [1.807, 2.05) is 0 Å². The molecule has 1 aliphatic carbocycles. The number of aliphatic hydroxyl groups is 1. The van der Waals surface area contributed by atoms with Crippen molar-refractivity contribution < 1.29 is 14.6 Å². The first-order valence-electron chi connectivity index (χ1n) is 11.7. The van der Waals surface area contributed by atoms with E-state index in [2.05, 4.69) is 19.1 Å². The molecule has 27 heavy (non-hydrogen) atoms. The third-order valence-electron chi connectivity index (χ3n) is 5.57. The maximum Gasteiger partial charge on any atom is 0.306 e. The smallest absolute Gasteiger partial charge is 0.306 e. The SMILES string of the molecule is CCCCCCC(O)CC=CCCCCCCCC(=O)OC1CCCCC1. The second-order valence-electron chi connectivity index (χ2n) is 8.27. The van der Waals surface area contributed by atoms with E-state index in [1.54, 1.807) is 0 Å². The lowest BCUT2D eigenvalue weighted by Gasteiger charge is -2.21. The van der Waals surface area contributed by atoms with Gasteiger partial charge in [-0.3, -0.25) is 4.79 Å². The van der Waals surface area contributed by atoms with Crippen LogP contribution in [-0.4, -0.2) is 23.3 Å². The quantitative estimate of drug-likeness (QED) is 0.180. The fourth-order valence-corrected chi connectivity index (χ4v) is 3.79. The number of hydrogen-bond donors (Lipinski definition) is 1. The topological polar surface area (TPSA) is 46.5 Å². The Balaban J connectivity index is 1.84. The number of allylic oxidation sites excluding steroid dienone is 1. The van der Waals surface area contributed by atoms with Crippen molar-refractivity contribution in [1.29, 1.82) is 0 Å². The summed E-state index contributed by atoms with van der Waals surface area (Å²) >= 11 is 0. The zero-order valence-corrected chi connectivity index (χ0v) is 17.8. The molecule has 158 valence electrons. The first-order chi connectivity index (χ1) is 13.2. The van der Waals surface area contributed by atoms with Gasteiger partial charge in [-0.2, -0.15) is 0 Å². The van der Waals surface area contributed by atoms with Gasteiger partial charge in [0.1, 0.15) is 6.10 Å². The van der Waals surface area contributed by atoms with Crippen LogP contribution < -0.4 is 0 Å². The number of rotatable bonds is 16. The molecule has 3 nitrogen and oxygen atoms in total. The molecular weight excluding hydrogens is 336 g/mol. The lowest BCUT2D eigenvalue weighted by molar-refractivity contribution is -0.150. The first-order valence-corrected chi connectivity index (χ1v) is 11.7. The minimum Gasteiger partial charge on any atom is -0.462 e. The minimum absolute atomic E-state index is 0.0121. The van der Waals surface area contributed by atoms with Crippen LogP contribution in [0.25, 0.3) is 0 Å². The minimum atomic E-state index is -0.161. The summed E-state index contributed by atoms with van der Waals surface area (Å²) in [6.45, 7) is 2.21. The predicted molar refractivity (Wildman–Crippen MR) is 114 cm³/mol. The van der Waals surface area contributed by atoms with E-state index in [0.29, 0.717) is 6.42 Å². The van der Waals surface area contributed by atoms with Gasteiger partial charge in [-0.15, -0.1) is 0 Å². The largest absolute Gasteiger partial charge is 0.462 e. The van der Waals surface area contributed by atoms with Crippen molar-refractivity contribution >= 4 is 5.97 Å². The molecule has 1 rings (SSSR count). The van der Waals surface area contributed by atoms with Gasteiger partial charge in [0.25, 0.3) is 0 Å². The lowest BCUT2D eigenvalue weighted by atomic mass is 9.98. The summed E-state index contributed by atoms with van der Waals surface area (Å²) in [6, 6.07) is 0. The number of carbonyl (C=O) groups excluding carboxylic acids is 1. The van der Waals surface area contributed by atoms with Crippen LogP contribution in [0.15, 0.2) is 12.2 Å². The van der Waals surface area contributed by atoms with Gasteiger partial charge in [-0.05, 0) is 57.8 Å². The lowest BCUT2D eigenvalue weighted by Crippen LogP contribution is -2.20. The summed E-state index contributed by atoms with van der Waals surface area (Å²) in [5.74, 6) is 0.0121. The highest BCUT2D eigenvalue weighted by molar-refractivity contribution is 5.69. The van der Waals surface area contributed by atoms with Gasteiger partial charge in [0.2, 0.25) is 0 Å². The van der Waals surface area contributed by atoms with E-state index in [0.717, 1.165) is 51.4 Å².